The molecule has 1 atom stereocenters. The van der Waals surface area contributed by atoms with E-state index in [1.807, 2.05) is 0 Å². The molecule has 0 radical (unpaired) electrons. The molecular weight excluding hydrogens is 197 g/mol. The van der Waals surface area contributed by atoms with Crippen LogP contribution < -0.4 is 11.0 Å². The number of rotatable bonds is 5. The molecule has 3 nitrogen and oxygen atoms in total. The zero-order chi connectivity index (χ0) is 10.4. The van der Waals surface area contributed by atoms with Gasteiger partial charge in [0.05, 0.1) is 0 Å². The van der Waals surface area contributed by atoms with Crippen molar-refractivity contribution in [1.29, 1.82) is 0 Å². The van der Waals surface area contributed by atoms with E-state index < -0.39 is 8.03 Å². The normalized spacial score (nSPS) is 11.4. The second kappa shape index (κ2) is 5.74. The molecule has 0 spiro atoms. The van der Waals surface area contributed by atoms with Gasteiger partial charge in [0.25, 0.3) is 0 Å². The minimum absolute atomic E-state index is 0.552. The molecule has 14 heavy (non-hydrogen) atoms. The first kappa shape index (κ1) is 11.2. The first-order valence-electron chi connectivity index (χ1n) is 4.69. The number of nitrogen functional groups attached to an aromatic ring is 1. The molecule has 0 heterocycles. The lowest BCUT2D eigenvalue weighted by atomic mass is 10.3. The van der Waals surface area contributed by atoms with Crippen molar-refractivity contribution >= 4 is 19.0 Å². The van der Waals surface area contributed by atoms with E-state index in [2.05, 4.69) is 6.92 Å². The molecule has 0 fully saturated rings. The Kier molecular flexibility index (Phi) is 4.57. The summed E-state index contributed by atoms with van der Waals surface area (Å²) < 4.78 is 16.7. The van der Waals surface area contributed by atoms with Gasteiger partial charge in [-0.1, -0.05) is 13.3 Å². The quantitative estimate of drug-likeness (QED) is 0.463. The van der Waals surface area contributed by atoms with Crippen molar-refractivity contribution in [3.05, 3.63) is 24.3 Å². The second-order valence-electron chi connectivity index (χ2n) is 3.04. The van der Waals surface area contributed by atoms with E-state index in [0.29, 0.717) is 17.6 Å². The number of nitrogens with two attached hydrogens (primary N) is 1. The Morgan fingerprint density at radius 2 is 2.00 bits per heavy atom. The summed E-state index contributed by atoms with van der Waals surface area (Å²) in [7, 11) is -1.71. The zero-order valence-corrected chi connectivity index (χ0v) is 9.17. The van der Waals surface area contributed by atoms with Crippen LogP contribution in [0.2, 0.25) is 0 Å². The predicted molar refractivity (Wildman–Crippen MR) is 59.0 cm³/mol. The largest absolute Gasteiger partial charge is 0.548 e. The van der Waals surface area contributed by atoms with Crippen molar-refractivity contribution in [2.75, 3.05) is 12.3 Å². The Morgan fingerprint density at radius 3 is 2.57 bits per heavy atom. The van der Waals surface area contributed by atoms with Crippen LogP contribution in [0, 0.1) is 0 Å². The van der Waals surface area contributed by atoms with E-state index in [0.717, 1.165) is 12.8 Å². The lowest BCUT2D eigenvalue weighted by Crippen LogP contribution is -1.99. The van der Waals surface area contributed by atoms with Crippen molar-refractivity contribution in [2.45, 2.75) is 19.8 Å². The molecule has 0 aliphatic heterocycles. The van der Waals surface area contributed by atoms with E-state index in [1.54, 1.807) is 24.3 Å². The number of benzene rings is 1. The van der Waals surface area contributed by atoms with Gasteiger partial charge >= 0.3 is 8.03 Å². The molecule has 0 aliphatic carbocycles. The Hall–Kier alpha value is -0.920. The van der Waals surface area contributed by atoms with Crippen LogP contribution >= 0.6 is 8.03 Å². The van der Waals surface area contributed by atoms with Gasteiger partial charge in [0, 0.05) is 5.69 Å². The molecule has 2 N–H and O–H groups in total. The maximum absolute atomic E-state index is 11.5. The van der Waals surface area contributed by atoms with Crippen LogP contribution in [-0.4, -0.2) is 6.61 Å². The van der Waals surface area contributed by atoms with E-state index in [9.17, 15) is 4.57 Å². The van der Waals surface area contributed by atoms with Crippen LogP contribution in [0.3, 0.4) is 0 Å². The average Bonchev–Trinajstić information content (AvgIpc) is 2.19. The van der Waals surface area contributed by atoms with Gasteiger partial charge in [-0.15, -0.1) is 4.52 Å². The molecule has 0 aromatic heterocycles. The average molecular weight is 212 g/mol. The molecule has 1 unspecified atom stereocenters. The molecule has 0 saturated heterocycles. The summed E-state index contributed by atoms with van der Waals surface area (Å²) >= 11 is 0. The Balaban J connectivity index is 2.48. The smallest absolute Gasteiger partial charge is 0.399 e. The first-order valence-corrected chi connectivity index (χ1v) is 5.87. The second-order valence-corrected chi connectivity index (χ2v) is 4.32. The Morgan fingerprint density at radius 1 is 1.36 bits per heavy atom. The highest BCUT2D eigenvalue weighted by molar-refractivity contribution is 7.48. The summed E-state index contributed by atoms with van der Waals surface area (Å²) in [6, 6.07) is 6.93. The van der Waals surface area contributed by atoms with Gasteiger partial charge in [0.15, 0.2) is 0 Å². The lowest BCUT2D eigenvalue weighted by Gasteiger charge is -1.91. The standard InChI is InChI=1S/C10H15NO2P/c1-2-3-8-13-14(12)10-6-4-9(11)5-7-10/h4-7H,2-3,8,11H2,1H3/q+1. The van der Waals surface area contributed by atoms with Crippen molar-refractivity contribution in [3.63, 3.8) is 0 Å². The number of anilines is 1. The van der Waals surface area contributed by atoms with Crippen LogP contribution in [0.25, 0.3) is 0 Å². The maximum Gasteiger partial charge on any atom is 0.548 e. The van der Waals surface area contributed by atoms with Crippen molar-refractivity contribution in [3.8, 4) is 0 Å². The van der Waals surface area contributed by atoms with Crippen molar-refractivity contribution in [1.82, 2.24) is 0 Å². The number of hydrogen-bond donors (Lipinski definition) is 1. The molecule has 1 rings (SSSR count). The molecule has 1 aromatic carbocycles. The van der Waals surface area contributed by atoms with Crippen LogP contribution in [-0.2, 0) is 9.09 Å². The van der Waals surface area contributed by atoms with Crippen LogP contribution in [0.1, 0.15) is 19.8 Å². The van der Waals surface area contributed by atoms with Gasteiger partial charge in [0.2, 0.25) is 5.30 Å². The van der Waals surface area contributed by atoms with Crippen LogP contribution in [0.4, 0.5) is 5.69 Å². The SMILES string of the molecule is CCCCO[P+](=O)c1ccc(N)cc1. The van der Waals surface area contributed by atoms with Gasteiger partial charge in [0.1, 0.15) is 6.61 Å². The molecular formula is C10H15NO2P+. The van der Waals surface area contributed by atoms with E-state index in [-0.39, 0.29) is 0 Å². The van der Waals surface area contributed by atoms with Gasteiger partial charge < -0.3 is 5.73 Å². The first-order chi connectivity index (χ1) is 6.74. The third-order valence-electron chi connectivity index (χ3n) is 1.81. The summed E-state index contributed by atoms with van der Waals surface area (Å²) in [4.78, 5) is 0. The summed E-state index contributed by atoms with van der Waals surface area (Å²) in [6.07, 6.45) is 1.99. The predicted octanol–water partition coefficient (Wildman–Crippen LogP) is 2.45. The fourth-order valence-corrected chi connectivity index (χ4v) is 1.80. The molecule has 76 valence electrons. The zero-order valence-electron chi connectivity index (χ0n) is 8.27. The van der Waals surface area contributed by atoms with E-state index in [1.165, 1.54) is 0 Å². The third kappa shape index (κ3) is 3.44. The van der Waals surface area contributed by atoms with E-state index >= 15 is 0 Å². The van der Waals surface area contributed by atoms with Crippen molar-refractivity contribution < 1.29 is 9.09 Å². The number of hydrogen-bond acceptors (Lipinski definition) is 3. The van der Waals surface area contributed by atoms with Crippen LogP contribution in [0.15, 0.2) is 24.3 Å². The summed E-state index contributed by atoms with van der Waals surface area (Å²) in [6.45, 7) is 2.62. The van der Waals surface area contributed by atoms with Crippen LogP contribution in [0.5, 0.6) is 0 Å². The van der Waals surface area contributed by atoms with E-state index in [4.69, 9.17) is 10.3 Å². The molecule has 0 aliphatic rings. The van der Waals surface area contributed by atoms with Gasteiger partial charge in [-0.2, -0.15) is 0 Å². The topological polar surface area (TPSA) is 52.3 Å². The fraction of sp³-hybridized carbons (Fsp3) is 0.400. The van der Waals surface area contributed by atoms with Gasteiger partial charge in [-0.3, -0.25) is 0 Å². The van der Waals surface area contributed by atoms with Gasteiger partial charge in [-0.25, -0.2) is 0 Å². The highest BCUT2D eigenvalue weighted by Gasteiger charge is 2.20. The third-order valence-corrected chi connectivity index (χ3v) is 2.95. The molecule has 1 aromatic rings. The summed E-state index contributed by atoms with van der Waals surface area (Å²) in [5.74, 6) is 0. The summed E-state index contributed by atoms with van der Waals surface area (Å²) in [5.41, 5.74) is 6.18. The summed E-state index contributed by atoms with van der Waals surface area (Å²) in [5, 5.41) is 0.699. The minimum Gasteiger partial charge on any atom is -0.399 e. The molecule has 4 heteroatoms. The Bertz CT molecular complexity index is 297. The molecule has 0 saturated carbocycles. The highest BCUT2D eigenvalue weighted by Crippen LogP contribution is 2.22. The van der Waals surface area contributed by atoms with Crippen molar-refractivity contribution in [2.24, 2.45) is 0 Å². The Labute approximate surface area is 85.1 Å². The minimum atomic E-state index is -1.71. The maximum atomic E-state index is 11.5. The lowest BCUT2D eigenvalue weighted by molar-refractivity contribution is 0.326. The molecule has 0 amide bonds. The molecule has 0 bridgehead atoms. The van der Waals surface area contributed by atoms with Gasteiger partial charge in [-0.05, 0) is 35.3 Å². The monoisotopic (exact) mass is 212 g/mol. The number of unbranched alkanes of at least 4 members (excludes halogenated alkanes) is 1. The fourth-order valence-electron chi connectivity index (χ4n) is 0.962. The highest BCUT2D eigenvalue weighted by atomic mass is 31.1.